The number of rotatable bonds is 10. The molecule has 4 heteroatoms. The second-order valence-corrected chi connectivity index (χ2v) is 8.42. The molecule has 162 valence electrons. The normalized spacial score (nSPS) is 11.9. The number of amides is 2. The predicted molar refractivity (Wildman–Crippen MR) is 125 cm³/mol. The van der Waals surface area contributed by atoms with E-state index in [9.17, 15) is 9.59 Å². The van der Waals surface area contributed by atoms with Gasteiger partial charge in [-0.15, -0.1) is 0 Å². The molecule has 0 fully saturated rings. The second-order valence-electron chi connectivity index (χ2n) is 8.42. The number of nitrogens with one attached hydrogen (secondary N) is 1. The van der Waals surface area contributed by atoms with Crippen molar-refractivity contribution in [1.82, 2.24) is 4.90 Å². The van der Waals surface area contributed by atoms with Crippen LogP contribution < -0.4 is 5.32 Å². The van der Waals surface area contributed by atoms with E-state index in [-0.39, 0.29) is 17.7 Å². The summed E-state index contributed by atoms with van der Waals surface area (Å²) in [5, 5.41) is 2.97. The first-order chi connectivity index (χ1) is 14.3. The average Bonchev–Trinajstić information content (AvgIpc) is 2.73. The van der Waals surface area contributed by atoms with Crippen LogP contribution in [0.5, 0.6) is 0 Å². The molecule has 0 aliphatic heterocycles. The molecule has 30 heavy (non-hydrogen) atoms. The maximum atomic E-state index is 12.7. The molecular weight excluding hydrogens is 372 g/mol. The van der Waals surface area contributed by atoms with Crippen molar-refractivity contribution in [1.29, 1.82) is 0 Å². The molecule has 2 rings (SSSR count). The average molecular weight is 409 g/mol. The van der Waals surface area contributed by atoms with Crippen LogP contribution in [0.4, 0.5) is 5.69 Å². The standard InChI is InChI=1S/C26H36N2O2/c1-6-16-28(17-7-2)26(30)23-12-14-24(15-13-23)27-25(29)20(5)22-10-8-21(9-11-22)18-19(3)4/h8-15,19-20H,6-7,16-18H2,1-5H3,(H,27,29). The van der Waals surface area contributed by atoms with Crippen molar-refractivity contribution in [2.24, 2.45) is 5.92 Å². The molecule has 1 N–H and O–H groups in total. The summed E-state index contributed by atoms with van der Waals surface area (Å²) < 4.78 is 0. The smallest absolute Gasteiger partial charge is 0.253 e. The molecular formula is C26H36N2O2. The fraction of sp³-hybridized carbons (Fsp3) is 0.462. The highest BCUT2D eigenvalue weighted by Gasteiger charge is 2.17. The number of carbonyl (C=O) groups is 2. The molecule has 0 aliphatic carbocycles. The van der Waals surface area contributed by atoms with E-state index in [1.807, 2.05) is 24.0 Å². The number of hydrogen-bond acceptors (Lipinski definition) is 2. The first-order valence-electron chi connectivity index (χ1n) is 11.1. The van der Waals surface area contributed by atoms with Crippen LogP contribution in [-0.2, 0) is 11.2 Å². The van der Waals surface area contributed by atoms with Gasteiger partial charge in [0.05, 0.1) is 5.92 Å². The number of benzene rings is 2. The minimum Gasteiger partial charge on any atom is -0.339 e. The molecule has 0 radical (unpaired) electrons. The van der Waals surface area contributed by atoms with Crippen molar-refractivity contribution < 1.29 is 9.59 Å². The summed E-state index contributed by atoms with van der Waals surface area (Å²) in [4.78, 5) is 27.3. The monoisotopic (exact) mass is 408 g/mol. The number of anilines is 1. The summed E-state index contributed by atoms with van der Waals surface area (Å²) in [6, 6.07) is 15.5. The molecule has 0 aliphatic rings. The molecule has 0 saturated heterocycles. The van der Waals surface area contributed by atoms with Gasteiger partial charge in [0.1, 0.15) is 0 Å². The van der Waals surface area contributed by atoms with Crippen LogP contribution >= 0.6 is 0 Å². The third kappa shape index (κ3) is 6.72. The third-order valence-corrected chi connectivity index (χ3v) is 5.19. The maximum Gasteiger partial charge on any atom is 0.253 e. The van der Waals surface area contributed by atoms with E-state index in [1.165, 1.54) is 5.56 Å². The highest BCUT2D eigenvalue weighted by atomic mass is 16.2. The van der Waals surface area contributed by atoms with Gasteiger partial charge in [-0.25, -0.2) is 0 Å². The van der Waals surface area contributed by atoms with E-state index in [0.29, 0.717) is 17.2 Å². The first-order valence-corrected chi connectivity index (χ1v) is 11.1. The molecule has 4 nitrogen and oxygen atoms in total. The van der Waals surface area contributed by atoms with Crippen LogP contribution in [0.3, 0.4) is 0 Å². The van der Waals surface area contributed by atoms with Gasteiger partial charge >= 0.3 is 0 Å². The SMILES string of the molecule is CCCN(CCC)C(=O)c1ccc(NC(=O)C(C)c2ccc(CC(C)C)cc2)cc1. The lowest BCUT2D eigenvalue weighted by Crippen LogP contribution is -2.32. The Morgan fingerprint density at radius 3 is 1.93 bits per heavy atom. The Labute approximate surface area is 181 Å². The van der Waals surface area contributed by atoms with Crippen LogP contribution in [0.2, 0.25) is 0 Å². The van der Waals surface area contributed by atoms with Gasteiger partial charge in [0, 0.05) is 24.3 Å². The van der Waals surface area contributed by atoms with Crippen LogP contribution in [0.15, 0.2) is 48.5 Å². The van der Waals surface area contributed by atoms with Crippen LogP contribution in [0.1, 0.15) is 74.9 Å². The summed E-state index contributed by atoms with van der Waals surface area (Å²) in [5.41, 5.74) is 3.66. The predicted octanol–water partition coefficient (Wildman–Crippen LogP) is 5.89. The zero-order chi connectivity index (χ0) is 22.1. The van der Waals surface area contributed by atoms with E-state index in [4.69, 9.17) is 0 Å². The lowest BCUT2D eigenvalue weighted by atomic mass is 9.96. The zero-order valence-corrected chi connectivity index (χ0v) is 19.1. The van der Waals surface area contributed by atoms with Gasteiger partial charge in [-0.05, 0) is 67.5 Å². The lowest BCUT2D eigenvalue weighted by molar-refractivity contribution is -0.117. The Hall–Kier alpha value is -2.62. The molecule has 0 heterocycles. The molecule has 2 amide bonds. The first kappa shape index (κ1) is 23.7. The summed E-state index contributed by atoms with van der Waals surface area (Å²) in [6.07, 6.45) is 2.92. The highest BCUT2D eigenvalue weighted by Crippen LogP contribution is 2.20. The van der Waals surface area contributed by atoms with Gasteiger partial charge in [-0.2, -0.15) is 0 Å². The Balaban J connectivity index is 2.00. The maximum absolute atomic E-state index is 12.7. The summed E-state index contributed by atoms with van der Waals surface area (Å²) >= 11 is 0. The van der Waals surface area contributed by atoms with Crippen molar-refractivity contribution >= 4 is 17.5 Å². The summed E-state index contributed by atoms with van der Waals surface area (Å²) in [6.45, 7) is 12.0. The van der Waals surface area contributed by atoms with Crippen LogP contribution in [0.25, 0.3) is 0 Å². The van der Waals surface area contributed by atoms with Crippen LogP contribution in [0, 0.1) is 5.92 Å². The van der Waals surface area contributed by atoms with Crippen molar-refractivity contribution in [3.05, 3.63) is 65.2 Å². The zero-order valence-electron chi connectivity index (χ0n) is 19.1. The van der Waals surface area contributed by atoms with Gasteiger partial charge in [0.2, 0.25) is 5.91 Å². The molecule has 1 unspecified atom stereocenters. The van der Waals surface area contributed by atoms with Gasteiger partial charge in [-0.1, -0.05) is 52.0 Å². The summed E-state index contributed by atoms with van der Waals surface area (Å²) in [5.74, 6) is 0.363. The molecule has 0 aromatic heterocycles. The van der Waals surface area contributed by atoms with E-state index in [2.05, 4.69) is 45.1 Å². The molecule has 2 aromatic carbocycles. The lowest BCUT2D eigenvalue weighted by Gasteiger charge is -2.21. The van der Waals surface area contributed by atoms with E-state index in [0.717, 1.165) is 37.9 Å². The number of hydrogen-bond donors (Lipinski definition) is 1. The highest BCUT2D eigenvalue weighted by molar-refractivity contribution is 5.97. The Morgan fingerprint density at radius 1 is 0.867 bits per heavy atom. The van der Waals surface area contributed by atoms with E-state index < -0.39 is 0 Å². The summed E-state index contributed by atoms with van der Waals surface area (Å²) in [7, 11) is 0. The fourth-order valence-electron chi connectivity index (χ4n) is 3.55. The molecule has 0 spiro atoms. The van der Waals surface area contributed by atoms with Gasteiger partial charge in [-0.3, -0.25) is 9.59 Å². The van der Waals surface area contributed by atoms with Crippen LogP contribution in [-0.4, -0.2) is 29.8 Å². The number of carbonyl (C=O) groups excluding carboxylic acids is 2. The van der Waals surface area contributed by atoms with Crippen molar-refractivity contribution in [2.45, 2.75) is 59.8 Å². The molecule has 0 saturated carbocycles. The fourth-order valence-corrected chi connectivity index (χ4v) is 3.55. The molecule has 0 bridgehead atoms. The van der Waals surface area contributed by atoms with Crippen molar-refractivity contribution in [3.8, 4) is 0 Å². The van der Waals surface area contributed by atoms with Crippen molar-refractivity contribution in [2.75, 3.05) is 18.4 Å². The van der Waals surface area contributed by atoms with Gasteiger partial charge in [0.25, 0.3) is 5.91 Å². The second kappa shape index (κ2) is 11.5. The van der Waals surface area contributed by atoms with E-state index in [1.54, 1.807) is 24.3 Å². The molecule has 2 aromatic rings. The Bertz CT molecular complexity index is 804. The topological polar surface area (TPSA) is 49.4 Å². The number of nitrogens with zero attached hydrogens (tertiary/aromatic N) is 1. The minimum atomic E-state index is -0.246. The molecule has 1 atom stereocenters. The quantitative estimate of drug-likeness (QED) is 0.533. The minimum absolute atomic E-state index is 0.0476. The van der Waals surface area contributed by atoms with Crippen molar-refractivity contribution in [3.63, 3.8) is 0 Å². The Morgan fingerprint density at radius 2 is 1.43 bits per heavy atom. The largest absolute Gasteiger partial charge is 0.339 e. The van der Waals surface area contributed by atoms with Gasteiger partial charge < -0.3 is 10.2 Å². The third-order valence-electron chi connectivity index (χ3n) is 5.19. The van der Waals surface area contributed by atoms with E-state index >= 15 is 0 Å². The van der Waals surface area contributed by atoms with Gasteiger partial charge in [0.15, 0.2) is 0 Å². The Kier molecular flexibility index (Phi) is 9.10.